The number of hydrogen-bond acceptors (Lipinski definition) is 1. The Kier molecular flexibility index (Phi) is 3.17. The molecule has 7 heteroatoms. The van der Waals surface area contributed by atoms with Gasteiger partial charge in [0.05, 0.1) is 0 Å². The first-order chi connectivity index (χ1) is 5.25. The fourth-order valence-corrected chi connectivity index (χ4v) is 0.364. The minimum atomic E-state index is -5.46. The molecule has 0 aliphatic carbocycles. The molecule has 0 aromatic heterocycles. The summed E-state index contributed by atoms with van der Waals surface area (Å²) in [7, 11) is 0. The van der Waals surface area contributed by atoms with Gasteiger partial charge in [0.15, 0.2) is 5.83 Å². The predicted molar refractivity (Wildman–Crippen MR) is 27.5 cm³/mol. The van der Waals surface area contributed by atoms with Crippen molar-refractivity contribution in [3.63, 3.8) is 0 Å². The molecule has 0 saturated carbocycles. The molecule has 1 N–H and O–H groups in total. The monoisotopic (exact) mass is 190 g/mol. The third-order valence-electron chi connectivity index (χ3n) is 0.793. The maximum Gasteiger partial charge on any atom is 0.445 e. The molecule has 0 spiro atoms. The lowest BCUT2D eigenvalue weighted by Gasteiger charge is -2.02. The summed E-state index contributed by atoms with van der Waals surface area (Å²) in [6.07, 6.45) is -7.06. The first-order valence-electron chi connectivity index (χ1n) is 2.58. The average molecular weight is 190 g/mol. The van der Waals surface area contributed by atoms with Crippen molar-refractivity contribution in [2.45, 2.75) is 12.6 Å². The van der Waals surface area contributed by atoms with E-state index >= 15 is 0 Å². The molecule has 0 fully saturated rings. The molecule has 0 atom stereocenters. The van der Waals surface area contributed by atoms with E-state index in [2.05, 4.69) is 0 Å². The van der Waals surface area contributed by atoms with Gasteiger partial charge in [0.1, 0.15) is 6.42 Å². The minimum Gasteiger partial charge on any atom is -0.481 e. The summed E-state index contributed by atoms with van der Waals surface area (Å²) in [6.45, 7) is 0. The number of alkyl halides is 3. The summed E-state index contributed by atoms with van der Waals surface area (Å²) >= 11 is 0. The van der Waals surface area contributed by atoms with Crippen LogP contribution in [0.4, 0.5) is 22.0 Å². The lowest BCUT2D eigenvalue weighted by atomic mass is 10.3. The second kappa shape index (κ2) is 3.51. The Morgan fingerprint density at radius 3 is 1.92 bits per heavy atom. The number of allylic oxidation sites excluding steroid dienone is 1. The van der Waals surface area contributed by atoms with E-state index in [0.29, 0.717) is 0 Å². The van der Waals surface area contributed by atoms with Gasteiger partial charge in [-0.05, 0) is 0 Å². The first-order valence-corrected chi connectivity index (χ1v) is 2.58. The van der Waals surface area contributed by atoms with Gasteiger partial charge in [-0.1, -0.05) is 0 Å². The summed E-state index contributed by atoms with van der Waals surface area (Å²) in [6, 6.07) is 0. The zero-order chi connectivity index (χ0) is 9.94. The van der Waals surface area contributed by atoms with Crippen LogP contribution in [0.2, 0.25) is 0 Å². The highest BCUT2D eigenvalue weighted by Crippen LogP contribution is 2.30. The van der Waals surface area contributed by atoms with Gasteiger partial charge >= 0.3 is 12.1 Å². The number of rotatable bonds is 2. The number of hydrogen-bond donors (Lipinski definition) is 1. The number of carboxylic acids is 1. The Bertz CT molecular complexity index is 216. The molecular formula is C5H3F5O2. The smallest absolute Gasteiger partial charge is 0.445 e. The van der Waals surface area contributed by atoms with Gasteiger partial charge in [-0.25, -0.2) is 4.39 Å². The van der Waals surface area contributed by atoms with E-state index < -0.39 is 30.2 Å². The van der Waals surface area contributed by atoms with Crippen LogP contribution in [0, 0.1) is 0 Å². The SMILES string of the molecule is O=C(O)C/C(F)=C(\F)C(F)(F)F. The van der Waals surface area contributed by atoms with Crippen LogP contribution >= 0.6 is 0 Å². The molecule has 12 heavy (non-hydrogen) atoms. The van der Waals surface area contributed by atoms with Crippen LogP contribution in [0.1, 0.15) is 6.42 Å². The normalized spacial score (nSPS) is 14.1. The van der Waals surface area contributed by atoms with Crippen LogP contribution in [-0.4, -0.2) is 17.3 Å². The van der Waals surface area contributed by atoms with Crippen molar-refractivity contribution in [1.82, 2.24) is 0 Å². The van der Waals surface area contributed by atoms with Crippen LogP contribution < -0.4 is 0 Å². The standard InChI is InChI=1S/C5H3F5O2/c6-2(1-3(11)12)4(7)5(8,9)10/h1H2,(H,11,12)/b4-2+. The van der Waals surface area contributed by atoms with Crippen molar-refractivity contribution in [2.75, 3.05) is 0 Å². The average Bonchev–Trinajstić information content (AvgIpc) is 1.82. The second-order valence-corrected chi connectivity index (χ2v) is 1.79. The van der Waals surface area contributed by atoms with Crippen molar-refractivity contribution in [1.29, 1.82) is 0 Å². The van der Waals surface area contributed by atoms with Crippen molar-refractivity contribution < 1.29 is 31.9 Å². The topological polar surface area (TPSA) is 37.3 Å². The van der Waals surface area contributed by atoms with Gasteiger partial charge in [-0.2, -0.15) is 17.6 Å². The van der Waals surface area contributed by atoms with Crippen LogP contribution in [0.25, 0.3) is 0 Å². The molecule has 0 amide bonds. The van der Waals surface area contributed by atoms with Crippen LogP contribution in [-0.2, 0) is 4.79 Å². The Morgan fingerprint density at radius 1 is 1.25 bits per heavy atom. The van der Waals surface area contributed by atoms with Crippen LogP contribution in [0.3, 0.4) is 0 Å². The quantitative estimate of drug-likeness (QED) is 0.677. The Hall–Kier alpha value is -1.14. The molecule has 0 unspecified atom stereocenters. The molecule has 70 valence electrons. The number of carboxylic acid groups (broad SMARTS) is 1. The minimum absolute atomic E-state index is 1.61. The van der Waals surface area contributed by atoms with Crippen LogP contribution in [0.15, 0.2) is 11.7 Å². The van der Waals surface area contributed by atoms with Crippen molar-refractivity contribution in [2.24, 2.45) is 0 Å². The van der Waals surface area contributed by atoms with Gasteiger partial charge in [-0.15, -0.1) is 0 Å². The molecule has 0 aromatic carbocycles. The molecular weight excluding hydrogens is 187 g/mol. The van der Waals surface area contributed by atoms with E-state index in [0.717, 1.165) is 0 Å². The maximum absolute atomic E-state index is 11.9. The molecule has 0 rings (SSSR count). The van der Waals surface area contributed by atoms with Gasteiger partial charge in [0.2, 0.25) is 5.83 Å². The summed E-state index contributed by atoms with van der Waals surface area (Å²) in [5.74, 6) is -7.19. The van der Waals surface area contributed by atoms with E-state index in [1.54, 1.807) is 0 Å². The number of carbonyl (C=O) groups is 1. The zero-order valence-electron chi connectivity index (χ0n) is 5.45. The lowest BCUT2D eigenvalue weighted by molar-refractivity contribution is -0.136. The highest BCUT2D eigenvalue weighted by molar-refractivity contribution is 5.69. The van der Waals surface area contributed by atoms with Crippen molar-refractivity contribution in [3.05, 3.63) is 11.7 Å². The van der Waals surface area contributed by atoms with Gasteiger partial charge in [-0.3, -0.25) is 4.79 Å². The maximum atomic E-state index is 11.9. The van der Waals surface area contributed by atoms with Crippen molar-refractivity contribution >= 4 is 5.97 Å². The molecule has 0 radical (unpaired) electrons. The van der Waals surface area contributed by atoms with E-state index in [1.165, 1.54) is 0 Å². The largest absolute Gasteiger partial charge is 0.481 e. The van der Waals surface area contributed by atoms with Crippen LogP contribution in [0.5, 0.6) is 0 Å². The van der Waals surface area contributed by atoms with E-state index in [4.69, 9.17) is 5.11 Å². The number of halogens is 5. The molecule has 0 saturated heterocycles. The second-order valence-electron chi connectivity index (χ2n) is 1.79. The van der Waals surface area contributed by atoms with Gasteiger partial charge in [0.25, 0.3) is 0 Å². The predicted octanol–water partition coefficient (Wildman–Crippen LogP) is 2.17. The molecule has 0 aliphatic heterocycles. The van der Waals surface area contributed by atoms with E-state index in [1.807, 2.05) is 0 Å². The summed E-state index contributed by atoms with van der Waals surface area (Å²) in [5.41, 5.74) is 0. The fourth-order valence-electron chi connectivity index (χ4n) is 0.364. The summed E-state index contributed by atoms with van der Waals surface area (Å²) in [4.78, 5) is 9.63. The van der Waals surface area contributed by atoms with Gasteiger partial charge < -0.3 is 5.11 Å². The Labute approximate surface area is 63.3 Å². The third kappa shape index (κ3) is 3.31. The Morgan fingerprint density at radius 2 is 1.67 bits per heavy atom. The summed E-state index contributed by atoms with van der Waals surface area (Å²) in [5, 5.41) is 7.79. The molecule has 0 aliphatic rings. The fraction of sp³-hybridized carbons (Fsp3) is 0.400. The van der Waals surface area contributed by atoms with E-state index in [-0.39, 0.29) is 0 Å². The molecule has 2 nitrogen and oxygen atoms in total. The molecule has 0 aromatic rings. The van der Waals surface area contributed by atoms with Crippen molar-refractivity contribution in [3.8, 4) is 0 Å². The van der Waals surface area contributed by atoms with Gasteiger partial charge in [0, 0.05) is 0 Å². The highest BCUT2D eigenvalue weighted by Gasteiger charge is 2.38. The third-order valence-corrected chi connectivity index (χ3v) is 0.793. The zero-order valence-corrected chi connectivity index (χ0v) is 5.45. The first kappa shape index (κ1) is 10.9. The summed E-state index contributed by atoms with van der Waals surface area (Å²) < 4.78 is 57.6. The highest BCUT2D eigenvalue weighted by atomic mass is 19.4. The molecule has 0 heterocycles. The lowest BCUT2D eigenvalue weighted by Crippen LogP contribution is -2.10. The number of aliphatic carboxylic acids is 1. The van der Waals surface area contributed by atoms with E-state index in [9.17, 15) is 26.7 Å². The molecule has 0 bridgehead atoms. The Balaban J connectivity index is 4.58.